The quantitative estimate of drug-likeness (QED) is 0.233. The average molecular weight is 515 g/mol. The summed E-state index contributed by atoms with van der Waals surface area (Å²) in [6.07, 6.45) is 8.56. The molecule has 1 aromatic heterocycles. The highest BCUT2D eigenvalue weighted by Gasteiger charge is 2.37. The van der Waals surface area contributed by atoms with Crippen molar-refractivity contribution in [1.29, 1.82) is 0 Å². The molecule has 0 aliphatic carbocycles. The molecular formula is C38H30N2. The van der Waals surface area contributed by atoms with Gasteiger partial charge in [-0.1, -0.05) is 92.6 Å². The van der Waals surface area contributed by atoms with Crippen molar-refractivity contribution in [1.82, 2.24) is 4.98 Å². The van der Waals surface area contributed by atoms with Gasteiger partial charge in [0.05, 0.1) is 11.4 Å². The van der Waals surface area contributed by atoms with E-state index < -0.39 is 0 Å². The van der Waals surface area contributed by atoms with Crippen LogP contribution in [0, 0.1) is 12.3 Å². The van der Waals surface area contributed by atoms with E-state index in [-0.39, 0.29) is 5.41 Å². The number of fused-ring (bicyclic) bond motifs is 6. The van der Waals surface area contributed by atoms with Crippen molar-refractivity contribution in [2.75, 3.05) is 4.90 Å². The molecule has 0 bridgehead atoms. The molecule has 1 aliphatic rings. The van der Waals surface area contributed by atoms with E-state index in [0.29, 0.717) is 0 Å². The average Bonchev–Trinajstić information content (AvgIpc) is 3.36. The maximum Gasteiger partial charge on any atom is 0.0589 e. The Balaban J connectivity index is 1.45. The predicted octanol–water partition coefficient (Wildman–Crippen LogP) is 9.89. The Morgan fingerprint density at radius 1 is 0.800 bits per heavy atom. The van der Waals surface area contributed by atoms with E-state index in [1.807, 2.05) is 0 Å². The van der Waals surface area contributed by atoms with Crippen LogP contribution in [0.15, 0.2) is 127 Å². The monoisotopic (exact) mass is 514 g/mol. The van der Waals surface area contributed by atoms with Gasteiger partial charge in [-0.15, -0.1) is 6.42 Å². The highest BCUT2D eigenvalue weighted by Crippen LogP contribution is 2.48. The van der Waals surface area contributed by atoms with Crippen LogP contribution in [0.3, 0.4) is 0 Å². The molecule has 7 rings (SSSR count). The summed E-state index contributed by atoms with van der Waals surface area (Å²) in [5, 5.41) is 5.02. The van der Waals surface area contributed by atoms with E-state index in [0.717, 1.165) is 39.3 Å². The molecular weight excluding hydrogens is 484 g/mol. The van der Waals surface area contributed by atoms with Crippen LogP contribution in [0.25, 0.3) is 38.2 Å². The Morgan fingerprint density at radius 2 is 1.52 bits per heavy atom. The zero-order chi connectivity index (χ0) is 27.4. The van der Waals surface area contributed by atoms with Crippen molar-refractivity contribution in [2.24, 2.45) is 0 Å². The van der Waals surface area contributed by atoms with Crippen LogP contribution < -0.4 is 4.90 Å². The summed E-state index contributed by atoms with van der Waals surface area (Å²) in [5.41, 5.74) is 9.84. The fourth-order valence-electron chi connectivity index (χ4n) is 6.34. The number of rotatable bonds is 3. The second-order valence-electron chi connectivity index (χ2n) is 11.1. The predicted molar refractivity (Wildman–Crippen MR) is 171 cm³/mol. The summed E-state index contributed by atoms with van der Waals surface area (Å²) in [6, 6.07) is 38.8. The number of nitrogens with one attached hydrogen (secondary N) is 1. The Kier molecular flexibility index (Phi) is 5.44. The van der Waals surface area contributed by atoms with Crippen LogP contribution in [-0.4, -0.2) is 4.98 Å². The number of para-hydroxylation sites is 2. The molecule has 2 nitrogen and oxygen atoms in total. The van der Waals surface area contributed by atoms with Crippen LogP contribution in [0.1, 0.15) is 31.9 Å². The number of terminal acetylenes is 1. The van der Waals surface area contributed by atoms with Gasteiger partial charge in [0.25, 0.3) is 0 Å². The van der Waals surface area contributed by atoms with Crippen LogP contribution in [0.4, 0.5) is 11.4 Å². The first-order valence-electron chi connectivity index (χ1n) is 13.8. The van der Waals surface area contributed by atoms with Crippen molar-refractivity contribution in [3.63, 3.8) is 0 Å². The SMILES string of the molecule is C#CC1=C(/C=C(\C)c2ccc3[nH]c4ccc5ccccc5c4c3c2)N(c2ccccc2)c2ccccc2C1(C)C. The molecule has 0 spiro atoms. The lowest BCUT2D eigenvalue weighted by Crippen LogP contribution is -2.33. The zero-order valence-corrected chi connectivity index (χ0v) is 23.0. The fraction of sp³-hybridized carbons (Fsp3) is 0.105. The van der Waals surface area contributed by atoms with Gasteiger partial charge in [0.1, 0.15) is 0 Å². The minimum atomic E-state index is -0.303. The van der Waals surface area contributed by atoms with Crippen molar-refractivity contribution < 1.29 is 0 Å². The van der Waals surface area contributed by atoms with Gasteiger partial charge >= 0.3 is 0 Å². The fourth-order valence-corrected chi connectivity index (χ4v) is 6.34. The minimum absolute atomic E-state index is 0.303. The molecule has 0 saturated carbocycles. The third-order valence-corrected chi connectivity index (χ3v) is 8.39. The number of aromatic nitrogens is 1. The third kappa shape index (κ3) is 3.59. The van der Waals surface area contributed by atoms with Crippen LogP contribution in [0.2, 0.25) is 0 Å². The number of benzene rings is 5. The topological polar surface area (TPSA) is 19.0 Å². The summed E-state index contributed by atoms with van der Waals surface area (Å²) in [7, 11) is 0. The highest BCUT2D eigenvalue weighted by molar-refractivity contribution is 6.20. The standard InChI is InChI=1S/C38H30N2/c1-5-31-36(40(28-14-7-6-8-15-28)35-18-12-11-17-32(35)38(31,3)4)23-25(2)27-20-21-33-30(24-27)37-29-16-10-9-13-26(29)19-22-34(37)39-33/h1,6-24,39H,2-4H3/b25-23+. The molecule has 2 heterocycles. The minimum Gasteiger partial charge on any atom is -0.354 e. The molecule has 0 fully saturated rings. The molecule has 0 unspecified atom stereocenters. The summed E-state index contributed by atoms with van der Waals surface area (Å²) in [5.74, 6) is 3.10. The highest BCUT2D eigenvalue weighted by atomic mass is 15.2. The van der Waals surface area contributed by atoms with Gasteiger partial charge in [0.15, 0.2) is 0 Å². The van der Waals surface area contributed by atoms with Gasteiger partial charge < -0.3 is 9.88 Å². The van der Waals surface area contributed by atoms with Gasteiger partial charge in [-0.3, -0.25) is 0 Å². The molecule has 0 radical (unpaired) electrons. The number of hydrogen-bond donors (Lipinski definition) is 1. The molecule has 0 atom stereocenters. The maximum absolute atomic E-state index is 6.29. The van der Waals surface area contributed by atoms with E-state index in [4.69, 9.17) is 6.42 Å². The number of H-pyrrole nitrogens is 1. The zero-order valence-electron chi connectivity index (χ0n) is 23.0. The van der Waals surface area contributed by atoms with E-state index in [9.17, 15) is 0 Å². The van der Waals surface area contributed by atoms with Crippen molar-refractivity contribution in [3.8, 4) is 12.3 Å². The Morgan fingerprint density at radius 3 is 2.35 bits per heavy atom. The summed E-state index contributed by atoms with van der Waals surface area (Å²) in [4.78, 5) is 5.94. The molecule has 1 aliphatic heterocycles. The first-order valence-corrected chi connectivity index (χ1v) is 13.8. The molecule has 192 valence electrons. The third-order valence-electron chi connectivity index (χ3n) is 8.39. The first-order chi connectivity index (χ1) is 19.5. The number of hydrogen-bond acceptors (Lipinski definition) is 1. The Hall–Kier alpha value is -5.00. The Bertz CT molecular complexity index is 2040. The van der Waals surface area contributed by atoms with Crippen molar-refractivity contribution >= 4 is 49.5 Å². The molecule has 40 heavy (non-hydrogen) atoms. The Labute approximate surface area is 235 Å². The molecule has 0 saturated heterocycles. The van der Waals surface area contributed by atoms with E-state index in [1.165, 1.54) is 32.7 Å². The molecule has 6 aromatic rings. The molecule has 0 amide bonds. The number of aromatic amines is 1. The lowest BCUT2D eigenvalue weighted by Gasteiger charge is -2.41. The van der Waals surface area contributed by atoms with Crippen LogP contribution in [-0.2, 0) is 5.41 Å². The molecule has 5 aromatic carbocycles. The number of nitrogens with zero attached hydrogens (tertiary/aromatic N) is 1. The number of anilines is 2. The van der Waals surface area contributed by atoms with Crippen LogP contribution in [0.5, 0.6) is 0 Å². The number of allylic oxidation sites excluding steroid dienone is 3. The van der Waals surface area contributed by atoms with Crippen LogP contribution >= 0.6 is 0 Å². The van der Waals surface area contributed by atoms with Gasteiger partial charge in [0, 0.05) is 38.5 Å². The molecule has 1 N–H and O–H groups in total. The summed E-state index contributed by atoms with van der Waals surface area (Å²) < 4.78 is 0. The second-order valence-corrected chi connectivity index (χ2v) is 11.1. The first kappa shape index (κ1) is 24.1. The van der Waals surface area contributed by atoms with Gasteiger partial charge in [-0.2, -0.15) is 0 Å². The van der Waals surface area contributed by atoms with Crippen molar-refractivity contribution in [2.45, 2.75) is 26.2 Å². The van der Waals surface area contributed by atoms with E-state index in [1.54, 1.807) is 0 Å². The van der Waals surface area contributed by atoms with Gasteiger partial charge in [0.2, 0.25) is 0 Å². The van der Waals surface area contributed by atoms with Gasteiger partial charge in [-0.25, -0.2) is 0 Å². The lowest BCUT2D eigenvalue weighted by molar-refractivity contribution is 0.626. The van der Waals surface area contributed by atoms with E-state index >= 15 is 0 Å². The molecule has 2 heteroatoms. The lowest BCUT2D eigenvalue weighted by atomic mass is 9.73. The second kappa shape index (κ2) is 9.04. The smallest absolute Gasteiger partial charge is 0.0589 e. The largest absolute Gasteiger partial charge is 0.354 e. The summed E-state index contributed by atoms with van der Waals surface area (Å²) >= 11 is 0. The van der Waals surface area contributed by atoms with E-state index in [2.05, 4.69) is 152 Å². The maximum atomic E-state index is 6.29. The summed E-state index contributed by atoms with van der Waals surface area (Å²) in [6.45, 7) is 6.65. The van der Waals surface area contributed by atoms with Gasteiger partial charge in [-0.05, 0) is 76.9 Å². The normalized spacial score (nSPS) is 15.1. The van der Waals surface area contributed by atoms with Crippen molar-refractivity contribution in [3.05, 3.63) is 138 Å².